The molecule has 4 rings (SSSR count). The maximum absolute atomic E-state index is 12.9. The molecule has 2 aromatic carbocycles. The lowest BCUT2D eigenvalue weighted by molar-refractivity contribution is -0.149. The molecular weight excluding hydrogens is 420 g/mol. The van der Waals surface area contributed by atoms with Crippen LogP contribution >= 0.6 is 11.8 Å². The Balaban J connectivity index is 1.37. The average Bonchev–Trinajstić information content (AvgIpc) is 3.28. The largest absolute Gasteiger partial charge is 0.462 e. The zero-order valence-electron chi connectivity index (χ0n) is 16.8. The summed E-state index contributed by atoms with van der Waals surface area (Å²) in [6, 6.07) is 13.5. The molecule has 2 amide bonds. The van der Waals surface area contributed by atoms with Crippen molar-refractivity contribution in [3.8, 4) is 0 Å². The predicted molar refractivity (Wildman–Crippen MR) is 114 cm³/mol. The topological polar surface area (TPSA) is 102 Å². The molecule has 0 aromatic heterocycles. The minimum atomic E-state index is -1.16. The van der Waals surface area contributed by atoms with Crippen LogP contribution in [-0.2, 0) is 23.9 Å². The predicted octanol–water partition coefficient (Wildman–Crippen LogP) is 2.97. The average molecular weight is 440 g/mol. The Kier molecular flexibility index (Phi) is 5.69. The molecule has 1 saturated heterocycles. The molecule has 1 unspecified atom stereocenters. The minimum absolute atomic E-state index is 0.138. The first kappa shape index (κ1) is 20.9. The number of carbonyl (C=O) groups excluding carboxylic acids is 4. The molecule has 0 aliphatic carbocycles. The zero-order valence-corrected chi connectivity index (χ0v) is 17.6. The Labute approximate surface area is 182 Å². The number of para-hydroxylation sites is 1. The number of amides is 2. The van der Waals surface area contributed by atoms with Crippen molar-refractivity contribution in [3.05, 3.63) is 54.1 Å². The van der Waals surface area contributed by atoms with Crippen LogP contribution in [0.4, 0.5) is 11.4 Å². The third-order valence-electron chi connectivity index (χ3n) is 5.01. The van der Waals surface area contributed by atoms with Gasteiger partial charge in [-0.25, -0.2) is 9.59 Å². The molecule has 1 atom stereocenters. The van der Waals surface area contributed by atoms with E-state index in [2.05, 4.69) is 5.32 Å². The van der Waals surface area contributed by atoms with Gasteiger partial charge in [0.1, 0.15) is 0 Å². The number of ether oxygens (including phenoxy) is 2. The number of thioether (sulfide) groups is 1. The second-order valence-corrected chi connectivity index (χ2v) is 8.32. The number of benzene rings is 2. The van der Waals surface area contributed by atoms with E-state index in [1.54, 1.807) is 25.1 Å². The number of hydrogen-bond donors (Lipinski definition) is 1. The lowest BCUT2D eigenvalue weighted by atomic mass is 10.2. The Hall–Kier alpha value is -3.33. The highest BCUT2D eigenvalue weighted by molar-refractivity contribution is 8.02. The smallest absolute Gasteiger partial charge is 0.344 e. The van der Waals surface area contributed by atoms with Gasteiger partial charge in [0.2, 0.25) is 5.91 Å². The van der Waals surface area contributed by atoms with Crippen molar-refractivity contribution in [2.45, 2.75) is 29.5 Å². The minimum Gasteiger partial charge on any atom is -0.462 e. The highest BCUT2D eigenvalue weighted by Crippen LogP contribution is 2.56. The molecular formula is C22H20N2O6S. The lowest BCUT2D eigenvalue weighted by Crippen LogP contribution is -2.48. The summed E-state index contributed by atoms with van der Waals surface area (Å²) in [6.07, 6.45) is 0.566. The summed E-state index contributed by atoms with van der Waals surface area (Å²) in [4.78, 5) is 50.4. The first-order valence-electron chi connectivity index (χ1n) is 9.80. The van der Waals surface area contributed by atoms with Gasteiger partial charge in [-0.2, -0.15) is 0 Å². The maximum Gasteiger partial charge on any atom is 0.344 e. The van der Waals surface area contributed by atoms with Crippen molar-refractivity contribution < 1.29 is 28.7 Å². The van der Waals surface area contributed by atoms with E-state index in [9.17, 15) is 19.2 Å². The number of nitrogens with zero attached hydrogens (tertiary/aromatic N) is 1. The lowest BCUT2D eigenvalue weighted by Gasteiger charge is -2.28. The van der Waals surface area contributed by atoms with Gasteiger partial charge in [0.25, 0.3) is 5.91 Å². The summed E-state index contributed by atoms with van der Waals surface area (Å²) in [5.41, 5.74) is 1.51. The van der Waals surface area contributed by atoms with Crippen LogP contribution in [-0.4, -0.2) is 41.8 Å². The Bertz CT molecular complexity index is 1050. The van der Waals surface area contributed by atoms with E-state index in [0.29, 0.717) is 23.4 Å². The molecule has 1 N–H and O–H groups in total. The summed E-state index contributed by atoms with van der Waals surface area (Å²) in [5, 5.41) is 2.61. The van der Waals surface area contributed by atoms with E-state index in [1.807, 2.05) is 18.2 Å². The van der Waals surface area contributed by atoms with Gasteiger partial charge in [-0.05, 0) is 43.3 Å². The van der Waals surface area contributed by atoms with Crippen LogP contribution in [0.25, 0.3) is 0 Å². The van der Waals surface area contributed by atoms with E-state index < -0.39 is 29.3 Å². The van der Waals surface area contributed by atoms with Gasteiger partial charge >= 0.3 is 11.9 Å². The molecule has 2 aromatic rings. The first-order chi connectivity index (χ1) is 14.9. The van der Waals surface area contributed by atoms with Gasteiger partial charge in [0, 0.05) is 23.4 Å². The fourth-order valence-electron chi connectivity index (χ4n) is 3.62. The van der Waals surface area contributed by atoms with Crippen molar-refractivity contribution in [1.29, 1.82) is 0 Å². The molecule has 9 heteroatoms. The number of nitrogens with one attached hydrogen (secondary N) is 1. The number of anilines is 2. The number of rotatable bonds is 6. The molecule has 0 saturated carbocycles. The van der Waals surface area contributed by atoms with E-state index in [-0.39, 0.29) is 18.9 Å². The molecule has 2 heterocycles. The molecule has 31 heavy (non-hydrogen) atoms. The Morgan fingerprint density at radius 1 is 1.10 bits per heavy atom. The van der Waals surface area contributed by atoms with Gasteiger partial charge < -0.3 is 14.8 Å². The van der Waals surface area contributed by atoms with E-state index >= 15 is 0 Å². The van der Waals surface area contributed by atoms with Gasteiger partial charge in [-0.15, -0.1) is 0 Å². The molecule has 1 fully saturated rings. The SMILES string of the molecule is CCOC(=O)c1ccc(NC(=O)COC(=O)C23CCC(=O)N2c2ccccc2S3)cc1. The fourth-order valence-corrected chi connectivity index (χ4v) is 5.03. The van der Waals surface area contributed by atoms with Crippen molar-refractivity contribution in [2.75, 3.05) is 23.4 Å². The van der Waals surface area contributed by atoms with Crippen molar-refractivity contribution in [3.63, 3.8) is 0 Å². The molecule has 8 nitrogen and oxygen atoms in total. The van der Waals surface area contributed by atoms with Crippen molar-refractivity contribution in [2.24, 2.45) is 0 Å². The third-order valence-corrected chi connectivity index (χ3v) is 6.46. The summed E-state index contributed by atoms with van der Waals surface area (Å²) in [5.74, 6) is -1.72. The molecule has 0 spiro atoms. The summed E-state index contributed by atoms with van der Waals surface area (Å²) < 4.78 is 10.2. The molecule has 2 aliphatic rings. The van der Waals surface area contributed by atoms with E-state index in [1.165, 1.54) is 28.8 Å². The monoisotopic (exact) mass is 440 g/mol. The van der Waals surface area contributed by atoms with Crippen LogP contribution in [0, 0.1) is 0 Å². The van der Waals surface area contributed by atoms with Gasteiger partial charge in [-0.1, -0.05) is 23.9 Å². The highest BCUT2D eigenvalue weighted by Gasteiger charge is 2.58. The number of hydrogen-bond acceptors (Lipinski definition) is 7. The number of fused-ring (bicyclic) bond motifs is 3. The standard InChI is InChI=1S/C22H20N2O6S/c1-2-29-20(27)14-7-9-15(10-8-14)23-18(25)13-30-21(28)22-12-11-19(26)24(22)16-5-3-4-6-17(16)31-22/h3-10H,2,11-13H2,1H3,(H,23,25). The highest BCUT2D eigenvalue weighted by atomic mass is 32.2. The molecule has 0 radical (unpaired) electrons. The molecule has 2 aliphatic heterocycles. The second-order valence-electron chi connectivity index (χ2n) is 7.01. The fraction of sp³-hybridized carbons (Fsp3) is 0.273. The normalized spacial score (nSPS) is 18.9. The molecule has 160 valence electrons. The van der Waals surface area contributed by atoms with Crippen LogP contribution in [0.2, 0.25) is 0 Å². The summed E-state index contributed by atoms with van der Waals surface area (Å²) in [7, 11) is 0. The quantitative estimate of drug-likeness (QED) is 0.689. The van der Waals surface area contributed by atoms with E-state index in [4.69, 9.17) is 9.47 Å². The van der Waals surface area contributed by atoms with Gasteiger partial charge in [-0.3, -0.25) is 14.5 Å². The Morgan fingerprint density at radius 3 is 2.58 bits per heavy atom. The second kappa shape index (κ2) is 8.43. The summed E-state index contributed by atoms with van der Waals surface area (Å²) >= 11 is 1.29. The maximum atomic E-state index is 12.9. The van der Waals surface area contributed by atoms with Crippen molar-refractivity contribution in [1.82, 2.24) is 0 Å². The van der Waals surface area contributed by atoms with Crippen molar-refractivity contribution >= 4 is 46.9 Å². The van der Waals surface area contributed by atoms with Crippen LogP contribution in [0.5, 0.6) is 0 Å². The zero-order chi connectivity index (χ0) is 22.0. The molecule has 0 bridgehead atoms. The van der Waals surface area contributed by atoms with Crippen LogP contribution in [0.15, 0.2) is 53.4 Å². The van der Waals surface area contributed by atoms with Gasteiger partial charge in [0.05, 0.1) is 17.9 Å². The number of carbonyl (C=O) groups is 4. The Morgan fingerprint density at radius 2 is 1.84 bits per heavy atom. The number of esters is 2. The van der Waals surface area contributed by atoms with Crippen LogP contribution < -0.4 is 10.2 Å². The van der Waals surface area contributed by atoms with Crippen LogP contribution in [0.3, 0.4) is 0 Å². The summed E-state index contributed by atoms with van der Waals surface area (Å²) in [6.45, 7) is 1.51. The first-order valence-corrected chi connectivity index (χ1v) is 10.6. The van der Waals surface area contributed by atoms with Crippen LogP contribution in [0.1, 0.15) is 30.1 Å². The van der Waals surface area contributed by atoms with E-state index in [0.717, 1.165) is 4.90 Å². The van der Waals surface area contributed by atoms with Gasteiger partial charge in [0.15, 0.2) is 11.5 Å². The third kappa shape index (κ3) is 3.88.